The summed E-state index contributed by atoms with van der Waals surface area (Å²) in [5.74, 6) is -0.480. The number of sulfonamides is 1. The van der Waals surface area contributed by atoms with Gasteiger partial charge in [-0.3, -0.25) is 9.80 Å². The second-order valence-electron chi connectivity index (χ2n) is 8.95. The number of nitrogens with zero attached hydrogens (tertiary/aromatic N) is 3. The first-order valence-corrected chi connectivity index (χ1v) is 13.5. The number of amides is 2. The zero-order valence-electron chi connectivity index (χ0n) is 20.8. The minimum absolute atomic E-state index is 0.210. The molecule has 36 heavy (non-hydrogen) atoms. The molecular formula is C26H32N4O5S. The van der Waals surface area contributed by atoms with Crippen LogP contribution in [0.2, 0.25) is 0 Å². The van der Waals surface area contributed by atoms with Crippen LogP contribution in [-0.2, 0) is 19.6 Å². The van der Waals surface area contributed by atoms with Crippen molar-refractivity contribution in [1.82, 2.24) is 19.4 Å². The summed E-state index contributed by atoms with van der Waals surface area (Å²) in [6.45, 7) is 5.36. The Balaban J connectivity index is 1.62. The molecule has 2 aliphatic rings. The van der Waals surface area contributed by atoms with Gasteiger partial charge < -0.3 is 10.1 Å². The summed E-state index contributed by atoms with van der Waals surface area (Å²) >= 11 is 0. The first-order valence-electron chi connectivity index (χ1n) is 12.0. The predicted molar refractivity (Wildman–Crippen MR) is 135 cm³/mol. The maximum absolute atomic E-state index is 13.2. The van der Waals surface area contributed by atoms with E-state index >= 15 is 0 Å². The molecular weight excluding hydrogens is 480 g/mol. The van der Waals surface area contributed by atoms with Crippen LogP contribution >= 0.6 is 0 Å². The third kappa shape index (κ3) is 5.16. The number of likely N-dealkylation sites (N-methyl/N-ethyl adjacent to an activating group) is 1. The molecule has 2 aliphatic heterocycles. The maximum atomic E-state index is 13.2. The minimum atomic E-state index is -3.62. The van der Waals surface area contributed by atoms with Gasteiger partial charge in [-0.2, -0.15) is 4.31 Å². The third-order valence-corrected chi connectivity index (χ3v) is 8.61. The molecule has 9 nitrogen and oxygen atoms in total. The fourth-order valence-corrected chi connectivity index (χ4v) is 6.38. The van der Waals surface area contributed by atoms with E-state index in [1.165, 1.54) is 9.21 Å². The van der Waals surface area contributed by atoms with Crippen LogP contribution in [0.4, 0.5) is 4.79 Å². The molecule has 2 atom stereocenters. The molecule has 1 fully saturated rings. The van der Waals surface area contributed by atoms with Gasteiger partial charge in [0.1, 0.15) is 0 Å². The molecule has 2 heterocycles. The molecule has 2 aromatic carbocycles. The molecule has 0 spiro atoms. The van der Waals surface area contributed by atoms with E-state index in [1.807, 2.05) is 37.3 Å². The van der Waals surface area contributed by atoms with Crippen molar-refractivity contribution >= 4 is 22.0 Å². The summed E-state index contributed by atoms with van der Waals surface area (Å²) in [4.78, 5) is 29.8. The Kier molecular flexibility index (Phi) is 7.77. The number of rotatable bonds is 7. The number of ether oxygens (including phenoxy) is 1. The van der Waals surface area contributed by atoms with Gasteiger partial charge in [0, 0.05) is 45.0 Å². The summed E-state index contributed by atoms with van der Waals surface area (Å²) in [6.07, 6.45) is 0. The van der Waals surface area contributed by atoms with Crippen LogP contribution in [0.5, 0.6) is 0 Å². The van der Waals surface area contributed by atoms with E-state index in [4.69, 9.17) is 4.74 Å². The molecule has 10 heteroatoms. The lowest BCUT2D eigenvalue weighted by Gasteiger charge is -2.41. The molecule has 192 valence electrons. The highest BCUT2D eigenvalue weighted by Gasteiger charge is 2.39. The third-order valence-electron chi connectivity index (χ3n) is 6.58. The van der Waals surface area contributed by atoms with Crippen LogP contribution in [0, 0.1) is 0 Å². The number of hydrogen-bond acceptors (Lipinski definition) is 6. The largest absolute Gasteiger partial charge is 0.463 e. The zero-order chi connectivity index (χ0) is 25.9. The van der Waals surface area contributed by atoms with Gasteiger partial charge in [0.25, 0.3) is 0 Å². The lowest BCUT2D eigenvalue weighted by Crippen LogP contribution is -2.56. The zero-order valence-corrected chi connectivity index (χ0v) is 21.6. The molecule has 0 radical (unpaired) electrons. The van der Waals surface area contributed by atoms with Crippen molar-refractivity contribution in [2.24, 2.45) is 0 Å². The van der Waals surface area contributed by atoms with Crippen LogP contribution < -0.4 is 5.32 Å². The molecule has 0 unspecified atom stereocenters. The molecule has 0 saturated carbocycles. The number of hydrogen-bond donors (Lipinski definition) is 1. The van der Waals surface area contributed by atoms with Gasteiger partial charge in [-0.05, 0) is 31.5 Å². The predicted octanol–water partition coefficient (Wildman–Crippen LogP) is 2.59. The maximum Gasteiger partial charge on any atom is 0.338 e. The number of urea groups is 1. The first-order chi connectivity index (χ1) is 17.2. The van der Waals surface area contributed by atoms with Crippen molar-refractivity contribution < 1.29 is 22.7 Å². The Bertz CT molecular complexity index is 1230. The fraction of sp³-hybridized carbons (Fsp3) is 0.385. The van der Waals surface area contributed by atoms with E-state index in [2.05, 4.69) is 10.2 Å². The average molecular weight is 513 g/mol. The van der Waals surface area contributed by atoms with E-state index in [0.29, 0.717) is 37.4 Å². The Labute approximate surface area is 212 Å². The van der Waals surface area contributed by atoms with Crippen LogP contribution in [-0.4, -0.2) is 80.4 Å². The second kappa shape index (κ2) is 10.8. The summed E-state index contributed by atoms with van der Waals surface area (Å²) in [6, 6.07) is 16.5. The Morgan fingerprint density at radius 1 is 1.06 bits per heavy atom. The monoisotopic (exact) mass is 512 g/mol. The summed E-state index contributed by atoms with van der Waals surface area (Å²) in [7, 11) is -1.99. The summed E-state index contributed by atoms with van der Waals surface area (Å²) in [5, 5.41) is 2.92. The molecule has 0 aromatic heterocycles. The van der Waals surface area contributed by atoms with Gasteiger partial charge in [-0.15, -0.1) is 0 Å². The van der Waals surface area contributed by atoms with E-state index in [1.54, 1.807) is 44.3 Å². The van der Waals surface area contributed by atoms with Gasteiger partial charge in [0.15, 0.2) is 0 Å². The molecule has 4 rings (SSSR count). The number of carbonyl (C=O) groups is 2. The Hall–Kier alpha value is -3.21. The number of esters is 1. The smallest absolute Gasteiger partial charge is 0.338 e. The van der Waals surface area contributed by atoms with E-state index in [-0.39, 0.29) is 23.6 Å². The average Bonchev–Trinajstić information content (AvgIpc) is 2.87. The molecule has 1 saturated heterocycles. The normalized spacial score (nSPS) is 21.9. The van der Waals surface area contributed by atoms with Gasteiger partial charge in [0.05, 0.1) is 23.1 Å². The van der Waals surface area contributed by atoms with Crippen LogP contribution in [0.15, 0.2) is 76.8 Å². The lowest BCUT2D eigenvalue weighted by atomic mass is 9.94. The minimum Gasteiger partial charge on any atom is -0.463 e. The summed E-state index contributed by atoms with van der Waals surface area (Å²) in [5.41, 5.74) is 1.72. The first kappa shape index (κ1) is 25.9. The highest BCUT2D eigenvalue weighted by molar-refractivity contribution is 7.89. The molecule has 1 N–H and O–H groups in total. The molecule has 0 bridgehead atoms. The second-order valence-corrected chi connectivity index (χ2v) is 10.8. The van der Waals surface area contributed by atoms with Gasteiger partial charge in [-0.25, -0.2) is 18.0 Å². The molecule has 2 amide bonds. The quantitative estimate of drug-likeness (QED) is 0.573. The Morgan fingerprint density at radius 2 is 1.69 bits per heavy atom. The fourth-order valence-electron chi connectivity index (χ4n) is 4.75. The molecule has 2 aromatic rings. The van der Waals surface area contributed by atoms with Crippen molar-refractivity contribution in [2.45, 2.75) is 30.8 Å². The van der Waals surface area contributed by atoms with E-state index < -0.39 is 22.0 Å². The highest BCUT2D eigenvalue weighted by atomic mass is 32.2. The van der Waals surface area contributed by atoms with Crippen LogP contribution in [0.25, 0.3) is 0 Å². The van der Waals surface area contributed by atoms with Crippen molar-refractivity contribution in [3.63, 3.8) is 0 Å². The van der Waals surface area contributed by atoms with Gasteiger partial charge >= 0.3 is 12.0 Å². The van der Waals surface area contributed by atoms with E-state index in [0.717, 1.165) is 5.56 Å². The lowest BCUT2D eigenvalue weighted by molar-refractivity contribution is -0.139. The van der Waals surface area contributed by atoms with Crippen molar-refractivity contribution in [3.8, 4) is 0 Å². The van der Waals surface area contributed by atoms with Gasteiger partial charge in [-0.1, -0.05) is 48.5 Å². The number of piperazine rings is 1. The number of carbonyl (C=O) groups excluding carboxylic acids is 2. The SMILES string of the molecule is CCOC(=O)C1=C(CN2CCN(S(=O)(=O)c3ccccc3)[C@H](C)C2)N(C)C(=O)N[C@@H]1c1ccccc1. The van der Waals surface area contributed by atoms with Crippen LogP contribution in [0.1, 0.15) is 25.5 Å². The van der Waals surface area contributed by atoms with Crippen LogP contribution in [0.3, 0.4) is 0 Å². The number of benzene rings is 2. The van der Waals surface area contributed by atoms with Gasteiger partial charge in [0.2, 0.25) is 10.0 Å². The Morgan fingerprint density at radius 3 is 2.31 bits per heavy atom. The standard InChI is InChI=1S/C26H32N4O5S/c1-4-35-25(31)23-22(28(3)26(32)27-24(23)20-11-7-5-8-12-20)18-29-15-16-30(19(2)17-29)36(33,34)21-13-9-6-10-14-21/h5-14,19,24H,4,15-18H2,1-3H3,(H,27,32)/t19-,24-/m1/s1. The number of nitrogens with one attached hydrogen (secondary N) is 1. The van der Waals surface area contributed by atoms with Crippen molar-refractivity contribution in [3.05, 3.63) is 77.5 Å². The summed E-state index contributed by atoms with van der Waals surface area (Å²) < 4.78 is 33.3. The molecule has 0 aliphatic carbocycles. The van der Waals surface area contributed by atoms with Crippen molar-refractivity contribution in [1.29, 1.82) is 0 Å². The van der Waals surface area contributed by atoms with Crippen molar-refractivity contribution in [2.75, 3.05) is 39.8 Å². The topological polar surface area (TPSA) is 99.3 Å². The van der Waals surface area contributed by atoms with E-state index in [9.17, 15) is 18.0 Å². The highest BCUT2D eigenvalue weighted by Crippen LogP contribution is 2.32.